The number of H-pyrrole nitrogens is 1. The van der Waals surface area contributed by atoms with E-state index in [9.17, 15) is 8.42 Å². The minimum atomic E-state index is -3.88. The lowest BCUT2D eigenvalue weighted by Crippen LogP contribution is -2.23. The van der Waals surface area contributed by atoms with Crippen molar-refractivity contribution in [2.24, 2.45) is 0 Å². The zero-order chi connectivity index (χ0) is 19.0. The normalized spacial score (nSPS) is 15.7. The number of nitrogens with zero attached hydrogens (tertiary/aromatic N) is 1. The topological polar surface area (TPSA) is 62.4 Å². The second-order valence-corrected chi connectivity index (χ2v) is 9.02. The number of nitrogens with one attached hydrogen (secondary N) is 1. The van der Waals surface area contributed by atoms with Gasteiger partial charge in [0.2, 0.25) is 0 Å². The molecule has 0 fully saturated rings. The molecule has 0 bridgehead atoms. The molecule has 2 aromatic carbocycles. The molecule has 7 heteroatoms. The van der Waals surface area contributed by atoms with Crippen molar-refractivity contribution in [2.45, 2.75) is 11.3 Å². The van der Waals surface area contributed by atoms with E-state index >= 15 is 0 Å². The Morgan fingerprint density at radius 2 is 1.96 bits per heavy atom. The molecular formula is C20H19BrN2O3S. The first-order valence-corrected chi connectivity index (χ1v) is 10.8. The quantitative estimate of drug-likeness (QED) is 0.602. The maximum absolute atomic E-state index is 12.5. The first-order chi connectivity index (χ1) is 12.9. The van der Waals surface area contributed by atoms with Gasteiger partial charge in [0.15, 0.2) is 0 Å². The third kappa shape index (κ3) is 3.67. The first-order valence-electron chi connectivity index (χ1n) is 8.62. The molecule has 5 nitrogen and oxygen atoms in total. The van der Waals surface area contributed by atoms with Crippen LogP contribution in [-0.2, 0) is 10.1 Å². The Balaban J connectivity index is 1.74. The summed E-state index contributed by atoms with van der Waals surface area (Å²) < 4.78 is 31.3. The van der Waals surface area contributed by atoms with Crippen molar-refractivity contribution in [3.05, 3.63) is 64.8 Å². The Morgan fingerprint density at radius 3 is 2.67 bits per heavy atom. The fourth-order valence-electron chi connectivity index (χ4n) is 3.25. The second-order valence-electron chi connectivity index (χ2n) is 6.62. The van der Waals surface area contributed by atoms with Gasteiger partial charge in [0.05, 0.1) is 5.52 Å². The fourth-order valence-corrected chi connectivity index (χ4v) is 4.74. The van der Waals surface area contributed by atoms with E-state index in [1.165, 1.54) is 17.7 Å². The molecule has 1 aromatic heterocycles. The van der Waals surface area contributed by atoms with E-state index in [2.05, 4.69) is 38.9 Å². The summed E-state index contributed by atoms with van der Waals surface area (Å²) in [5.41, 5.74) is 3.27. The van der Waals surface area contributed by atoms with Crippen LogP contribution in [0.5, 0.6) is 5.75 Å². The average molecular weight is 447 g/mol. The highest BCUT2D eigenvalue weighted by Crippen LogP contribution is 2.36. The molecule has 0 radical (unpaired) electrons. The summed E-state index contributed by atoms with van der Waals surface area (Å²) in [4.78, 5) is 5.67. The predicted octanol–water partition coefficient (Wildman–Crippen LogP) is 4.42. The van der Waals surface area contributed by atoms with Crippen LogP contribution < -0.4 is 4.18 Å². The Kier molecular flexibility index (Phi) is 4.84. The van der Waals surface area contributed by atoms with Crippen molar-refractivity contribution >= 4 is 42.5 Å². The third-order valence-corrected chi connectivity index (χ3v) is 6.60. The Labute approximate surface area is 166 Å². The standard InChI is InChI=1S/C20H19BrN2O3S/c1-23-9-7-14(8-10-23)18-13-22-20-17(18)11-15(12-19(20)21)26-27(24,25)16-5-3-2-4-6-16/h2-7,11-13,22H,8-10H2,1H3. The molecule has 0 atom stereocenters. The number of likely N-dealkylation sites (N-methyl/N-ethyl adjacent to an activating group) is 1. The van der Waals surface area contributed by atoms with Gasteiger partial charge in [-0.25, -0.2) is 0 Å². The SMILES string of the molecule is CN1CC=C(c2c[nH]c3c(Br)cc(OS(=O)(=O)c4ccccc4)cc23)CC1. The summed E-state index contributed by atoms with van der Waals surface area (Å²) in [5, 5.41) is 0.943. The van der Waals surface area contributed by atoms with Crippen molar-refractivity contribution < 1.29 is 12.6 Å². The van der Waals surface area contributed by atoms with E-state index in [4.69, 9.17) is 4.18 Å². The lowest BCUT2D eigenvalue weighted by Gasteiger charge is -2.21. The molecule has 1 N–H and O–H groups in total. The molecular weight excluding hydrogens is 428 g/mol. The van der Waals surface area contributed by atoms with Crippen molar-refractivity contribution in [1.82, 2.24) is 9.88 Å². The average Bonchev–Trinajstić information content (AvgIpc) is 3.07. The molecule has 1 aliphatic rings. The Bertz CT molecular complexity index is 1120. The smallest absolute Gasteiger partial charge is 0.339 e. The summed E-state index contributed by atoms with van der Waals surface area (Å²) in [5.74, 6) is 0.285. The van der Waals surface area contributed by atoms with Gasteiger partial charge in [0.1, 0.15) is 10.6 Å². The van der Waals surface area contributed by atoms with Gasteiger partial charge in [0.25, 0.3) is 0 Å². The van der Waals surface area contributed by atoms with Gasteiger partial charge in [-0.3, -0.25) is 0 Å². The van der Waals surface area contributed by atoms with Crippen LogP contribution >= 0.6 is 15.9 Å². The van der Waals surface area contributed by atoms with E-state index in [-0.39, 0.29) is 10.6 Å². The van der Waals surface area contributed by atoms with Gasteiger partial charge in [-0.1, -0.05) is 24.3 Å². The van der Waals surface area contributed by atoms with Crippen LogP contribution in [0.4, 0.5) is 0 Å². The number of hydrogen-bond acceptors (Lipinski definition) is 4. The number of aromatic amines is 1. The lowest BCUT2D eigenvalue weighted by molar-refractivity contribution is 0.370. The largest absolute Gasteiger partial charge is 0.379 e. The van der Waals surface area contributed by atoms with Crippen LogP contribution in [0.1, 0.15) is 12.0 Å². The number of halogens is 1. The first kappa shape index (κ1) is 18.3. The summed E-state index contributed by atoms with van der Waals surface area (Å²) >= 11 is 3.52. The second kappa shape index (κ2) is 7.14. The van der Waals surface area contributed by atoms with Crippen molar-refractivity contribution in [3.63, 3.8) is 0 Å². The summed E-state index contributed by atoms with van der Waals surface area (Å²) in [7, 11) is -1.78. The molecule has 0 unspecified atom stereocenters. The zero-order valence-electron chi connectivity index (χ0n) is 14.8. The van der Waals surface area contributed by atoms with Gasteiger partial charge in [-0.15, -0.1) is 0 Å². The minimum absolute atomic E-state index is 0.133. The van der Waals surface area contributed by atoms with E-state index < -0.39 is 10.1 Å². The van der Waals surface area contributed by atoms with Crippen LogP contribution in [0.3, 0.4) is 0 Å². The minimum Gasteiger partial charge on any atom is -0.379 e. The molecule has 0 spiro atoms. The van der Waals surface area contributed by atoms with Gasteiger partial charge >= 0.3 is 10.1 Å². The van der Waals surface area contributed by atoms with Crippen molar-refractivity contribution in [2.75, 3.05) is 20.1 Å². The number of hydrogen-bond donors (Lipinski definition) is 1. The van der Waals surface area contributed by atoms with Crippen molar-refractivity contribution in [3.8, 4) is 5.75 Å². The monoisotopic (exact) mass is 446 g/mol. The zero-order valence-corrected chi connectivity index (χ0v) is 17.2. The molecule has 27 heavy (non-hydrogen) atoms. The van der Waals surface area contributed by atoms with E-state index in [0.29, 0.717) is 0 Å². The van der Waals surface area contributed by atoms with Crippen LogP contribution in [0, 0.1) is 0 Å². The Hall–Kier alpha value is -2.09. The fraction of sp³-hybridized carbons (Fsp3) is 0.200. The van der Waals surface area contributed by atoms with Crippen LogP contribution in [0.15, 0.2) is 64.1 Å². The molecule has 0 saturated heterocycles. The summed E-state index contributed by atoms with van der Waals surface area (Å²) in [6, 6.07) is 11.6. The van der Waals surface area contributed by atoms with Gasteiger partial charge in [-0.05, 0) is 59.2 Å². The molecule has 1 aliphatic heterocycles. The molecule has 3 aromatic rings. The van der Waals surface area contributed by atoms with E-state index in [1.807, 2.05) is 6.20 Å². The predicted molar refractivity (Wildman–Crippen MR) is 110 cm³/mol. The number of benzene rings is 2. The lowest BCUT2D eigenvalue weighted by atomic mass is 9.99. The number of aromatic nitrogens is 1. The third-order valence-electron chi connectivity index (χ3n) is 4.71. The Morgan fingerprint density at radius 1 is 1.19 bits per heavy atom. The van der Waals surface area contributed by atoms with Gasteiger partial charge in [0, 0.05) is 34.7 Å². The molecule has 4 rings (SSSR count). The van der Waals surface area contributed by atoms with E-state index in [0.717, 1.165) is 40.4 Å². The van der Waals surface area contributed by atoms with Crippen molar-refractivity contribution in [1.29, 1.82) is 0 Å². The maximum atomic E-state index is 12.5. The molecule has 0 amide bonds. The molecule has 2 heterocycles. The molecule has 0 saturated carbocycles. The molecule has 140 valence electrons. The van der Waals surface area contributed by atoms with Crippen LogP contribution in [0.25, 0.3) is 16.5 Å². The summed E-state index contributed by atoms with van der Waals surface area (Å²) in [6.45, 7) is 1.90. The summed E-state index contributed by atoms with van der Waals surface area (Å²) in [6.07, 6.45) is 5.14. The van der Waals surface area contributed by atoms with Gasteiger partial charge in [-0.2, -0.15) is 8.42 Å². The molecule has 0 aliphatic carbocycles. The van der Waals surface area contributed by atoms with Gasteiger partial charge < -0.3 is 14.1 Å². The van der Waals surface area contributed by atoms with Crippen LogP contribution in [0.2, 0.25) is 0 Å². The highest BCUT2D eigenvalue weighted by Gasteiger charge is 2.19. The van der Waals surface area contributed by atoms with Crippen LogP contribution in [-0.4, -0.2) is 38.4 Å². The maximum Gasteiger partial charge on any atom is 0.339 e. The van der Waals surface area contributed by atoms with E-state index in [1.54, 1.807) is 30.3 Å². The number of fused-ring (bicyclic) bond motifs is 1. The highest BCUT2D eigenvalue weighted by atomic mass is 79.9. The number of rotatable bonds is 4. The highest BCUT2D eigenvalue weighted by molar-refractivity contribution is 9.10.